The van der Waals surface area contributed by atoms with E-state index in [0.717, 1.165) is 16.9 Å². The van der Waals surface area contributed by atoms with Crippen molar-refractivity contribution in [1.82, 2.24) is 20.2 Å². The highest BCUT2D eigenvalue weighted by molar-refractivity contribution is 7.99. The molecule has 2 aromatic carbocycles. The molecule has 8 heteroatoms. The first kappa shape index (κ1) is 20.7. The van der Waals surface area contributed by atoms with Crippen LogP contribution < -0.4 is 15.9 Å². The zero-order valence-electron chi connectivity index (χ0n) is 16.7. The van der Waals surface area contributed by atoms with Crippen LogP contribution in [0.3, 0.4) is 0 Å². The van der Waals surface area contributed by atoms with Gasteiger partial charge in [0.25, 0.3) is 0 Å². The Morgan fingerprint density at radius 2 is 1.83 bits per heavy atom. The molecule has 0 saturated carbocycles. The Balaban J connectivity index is 1.63. The number of amides is 1. The summed E-state index contributed by atoms with van der Waals surface area (Å²) in [5.41, 5.74) is 1.91. The smallest absolute Gasteiger partial charge is 0.230 e. The quantitative estimate of drug-likeness (QED) is 0.436. The van der Waals surface area contributed by atoms with Crippen molar-refractivity contribution in [2.24, 2.45) is 5.92 Å². The number of thioether (sulfide) groups is 1. The zero-order valence-corrected chi connectivity index (χ0v) is 17.5. The van der Waals surface area contributed by atoms with Gasteiger partial charge in [-0.3, -0.25) is 4.79 Å². The van der Waals surface area contributed by atoms with Crippen LogP contribution in [0, 0.1) is 5.92 Å². The fourth-order valence-corrected chi connectivity index (χ4v) is 3.62. The van der Waals surface area contributed by atoms with Crippen LogP contribution in [-0.4, -0.2) is 33.6 Å². The lowest BCUT2D eigenvalue weighted by Crippen LogP contribution is -2.33. The van der Waals surface area contributed by atoms with Crippen LogP contribution in [0.25, 0.3) is 11.4 Å². The number of aromatic nitrogens is 3. The standard InChI is InChI=1S/C21H25N5O2S/c1-14(2)19(15-7-5-4-6-8-15)23-18(27)13-29-21-25-24-20(26(21)22)16-9-11-17(28-3)12-10-16/h4-12,14,19H,13,22H2,1-3H3,(H,23,27). The molecule has 1 atom stereocenters. The summed E-state index contributed by atoms with van der Waals surface area (Å²) < 4.78 is 6.56. The van der Waals surface area contributed by atoms with Crippen LogP contribution in [0.5, 0.6) is 5.75 Å². The third-order valence-electron chi connectivity index (χ3n) is 4.49. The third kappa shape index (κ3) is 5.08. The normalized spacial score (nSPS) is 12.0. The maximum absolute atomic E-state index is 12.5. The highest BCUT2D eigenvalue weighted by Crippen LogP contribution is 2.25. The second-order valence-electron chi connectivity index (χ2n) is 6.89. The molecular weight excluding hydrogens is 386 g/mol. The summed E-state index contributed by atoms with van der Waals surface area (Å²) in [4.78, 5) is 12.5. The molecular formula is C21H25N5O2S. The van der Waals surface area contributed by atoms with Crippen LogP contribution in [0.2, 0.25) is 0 Å². The van der Waals surface area contributed by atoms with Gasteiger partial charge in [0.05, 0.1) is 18.9 Å². The largest absolute Gasteiger partial charge is 0.497 e. The predicted molar refractivity (Wildman–Crippen MR) is 115 cm³/mol. The van der Waals surface area contributed by atoms with Gasteiger partial charge >= 0.3 is 0 Å². The van der Waals surface area contributed by atoms with Gasteiger partial charge in [-0.1, -0.05) is 55.9 Å². The van der Waals surface area contributed by atoms with Crippen molar-refractivity contribution in [3.05, 3.63) is 60.2 Å². The Kier molecular flexibility index (Phi) is 6.77. The number of benzene rings is 2. The summed E-state index contributed by atoms with van der Waals surface area (Å²) in [6.07, 6.45) is 0. The molecule has 3 rings (SSSR count). The molecule has 7 nitrogen and oxygen atoms in total. The molecule has 152 valence electrons. The van der Waals surface area contributed by atoms with Crippen LogP contribution in [-0.2, 0) is 4.79 Å². The molecule has 0 radical (unpaired) electrons. The van der Waals surface area contributed by atoms with Crippen LogP contribution >= 0.6 is 11.8 Å². The van der Waals surface area contributed by atoms with E-state index in [1.165, 1.54) is 16.4 Å². The summed E-state index contributed by atoms with van der Waals surface area (Å²) in [5.74, 6) is 7.81. The maximum Gasteiger partial charge on any atom is 0.230 e. The molecule has 3 N–H and O–H groups in total. The van der Waals surface area contributed by atoms with E-state index in [-0.39, 0.29) is 23.6 Å². The van der Waals surface area contributed by atoms with E-state index in [1.54, 1.807) is 7.11 Å². The van der Waals surface area contributed by atoms with E-state index in [9.17, 15) is 4.79 Å². The van der Waals surface area contributed by atoms with E-state index >= 15 is 0 Å². The van der Waals surface area contributed by atoms with Crippen molar-refractivity contribution >= 4 is 17.7 Å². The van der Waals surface area contributed by atoms with Gasteiger partial charge in [0.15, 0.2) is 5.82 Å². The first-order valence-corrected chi connectivity index (χ1v) is 10.3. The Morgan fingerprint density at radius 3 is 2.45 bits per heavy atom. The Morgan fingerprint density at radius 1 is 1.14 bits per heavy atom. The minimum atomic E-state index is -0.0773. The van der Waals surface area contributed by atoms with Gasteiger partial charge in [-0.25, -0.2) is 4.68 Å². The Bertz CT molecular complexity index is 941. The number of methoxy groups -OCH3 is 1. The van der Waals surface area contributed by atoms with Crippen LogP contribution in [0.1, 0.15) is 25.5 Å². The summed E-state index contributed by atoms with van der Waals surface area (Å²) in [6, 6.07) is 17.3. The maximum atomic E-state index is 12.5. The lowest BCUT2D eigenvalue weighted by Gasteiger charge is -2.22. The number of nitrogens with zero attached hydrogens (tertiary/aromatic N) is 3. The van der Waals surface area contributed by atoms with Crippen molar-refractivity contribution < 1.29 is 9.53 Å². The monoisotopic (exact) mass is 411 g/mol. The lowest BCUT2D eigenvalue weighted by molar-refractivity contribution is -0.119. The fraction of sp³-hybridized carbons (Fsp3) is 0.286. The molecule has 29 heavy (non-hydrogen) atoms. The van der Waals surface area contributed by atoms with Gasteiger partial charge in [0.2, 0.25) is 11.1 Å². The number of nitrogens with two attached hydrogens (primary N) is 1. The summed E-state index contributed by atoms with van der Waals surface area (Å²) in [6.45, 7) is 4.17. The van der Waals surface area contributed by atoms with E-state index in [4.69, 9.17) is 10.6 Å². The highest BCUT2D eigenvalue weighted by atomic mass is 32.2. The van der Waals surface area contributed by atoms with Gasteiger partial charge in [-0.2, -0.15) is 0 Å². The predicted octanol–water partition coefficient (Wildman–Crippen LogP) is 3.27. The van der Waals surface area contributed by atoms with Crippen molar-refractivity contribution in [3.63, 3.8) is 0 Å². The van der Waals surface area contributed by atoms with Gasteiger partial charge in [0, 0.05) is 5.56 Å². The molecule has 1 unspecified atom stereocenters. The minimum absolute atomic E-state index is 0.0464. The SMILES string of the molecule is COc1ccc(-c2nnc(SCC(=O)NC(c3ccccc3)C(C)C)n2N)cc1. The van der Waals surface area contributed by atoms with Crippen molar-refractivity contribution in [2.45, 2.75) is 25.0 Å². The molecule has 0 spiro atoms. The molecule has 0 fully saturated rings. The van der Waals surface area contributed by atoms with E-state index < -0.39 is 0 Å². The summed E-state index contributed by atoms with van der Waals surface area (Å²) >= 11 is 1.25. The van der Waals surface area contributed by atoms with Crippen LogP contribution in [0.4, 0.5) is 0 Å². The molecule has 0 aliphatic rings. The second kappa shape index (κ2) is 9.47. The molecule has 1 aromatic heterocycles. The number of ether oxygens (including phenoxy) is 1. The first-order chi connectivity index (χ1) is 14.0. The zero-order chi connectivity index (χ0) is 20.8. The molecule has 0 aliphatic heterocycles. The fourth-order valence-electron chi connectivity index (χ4n) is 2.95. The van der Waals surface area contributed by atoms with Gasteiger partial charge in [0.1, 0.15) is 5.75 Å². The highest BCUT2D eigenvalue weighted by Gasteiger charge is 2.19. The molecule has 3 aromatic rings. The molecule has 0 aliphatic carbocycles. The van der Waals surface area contributed by atoms with Gasteiger partial charge < -0.3 is 15.9 Å². The van der Waals surface area contributed by atoms with Gasteiger partial charge in [-0.15, -0.1) is 10.2 Å². The number of rotatable bonds is 8. The number of nitrogens with one attached hydrogen (secondary N) is 1. The summed E-state index contributed by atoms with van der Waals surface area (Å²) in [7, 11) is 1.61. The first-order valence-electron chi connectivity index (χ1n) is 9.31. The molecule has 1 amide bonds. The lowest BCUT2D eigenvalue weighted by atomic mass is 9.96. The topological polar surface area (TPSA) is 95.1 Å². The number of carbonyl (C=O) groups excluding carboxylic acids is 1. The van der Waals surface area contributed by atoms with E-state index in [2.05, 4.69) is 29.4 Å². The number of nitrogen functional groups attached to an aromatic ring is 1. The Hall–Kier alpha value is -3.00. The average Bonchev–Trinajstić information content (AvgIpc) is 3.11. The molecule has 1 heterocycles. The number of carbonyl (C=O) groups is 1. The minimum Gasteiger partial charge on any atom is -0.497 e. The van der Waals surface area contributed by atoms with Crippen LogP contribution in [0.15, 0.2) is 59.8 Å². The molecule has 0 saturated heterocycles. The van der Waals surface area contributed by atoms with Gasteiger partial charge in [-0.05, 0) is 35.7 Å². The van der Waals surface area contributed by atoms with E-state index in [0.29, 0.717) is 11.0 Å². The summed E-state index contributed by atoms with van der Waals surface area (Å²) in [5, 5.41) is 11.8. The molecule has 0 bridgehead atoms. The average molecular weight is 412 g/mol. The Labute approximate surface area is 174 Å². The van der Waals surface area contributed by atoms with Crippen molar-refractivity contribution in [2.75, 3.05) is 18.7 Å². The van der Waals surface area contributed by atoms with Crippen molar-refractivity contribution in [3.8, 4) is 17.1 Å². The second-order valence-corrected chi connectivity index (χ2v) is 7.84. The van der Waals surface area contributed by atoms with E-state index in [1.807, 2.05) is 54.6 Å². The number of hydrogen-bond acceptors (Lipinski definition) is 6. The van der Waals surface area contributed by atoms with Crippen molar-refractivity contribution in [1.29, 1.82) is 0 Å². The number of hydrogen-bond donors (Lipinski definition) is 2. The third-order valence-corrected chi connectivity index (χ3v) is 5.43.